The molecule has 1 atom stereocenters. The molecule has 170 valence electrons. The number of carbonyl (C=O) groups excluding carboxylic acids is 3. The third-order valence-electron chi connectivity index (χ3n) is 5.51. The summed E-state index contributed by atoms with van der Waals surface area (Å²) in [7, 11) is 0. The van der Waals surface area contributed by atoms with Crippen molar-refractivity contribution in [3.05, 3.63) is 94.4 Å². The van der Waals surface area contributed by atoms with Crippen LogP contribution in [0, 0.1) is 0 Å². The fourth-order valence-corrected chi connectivity index (χ4v) is 3.90. The Bertz CT molecular complexity index is 1130. The van der Waals surface area contributed by atoms with Gasteiger partial charge in [-0.3, -0.25) is 9.59 Å². The monoisotopic (exact) mass is 466 g/mol. The number of halogens is 1. The van der Waals surface area contributed by atoms with E-state index in [1.807, 2.05) is 36.4 Å². The van der Waals surface area contributed by atoms with Gasteiger partial charge in [-0.25, -0.2) is 4.79 Å². The fraction of sp³-hybridized carbons (Fsp3) is 0.240. The highest BCUT2D eigenvalue weighted by Gasteiger charge is 2.37. The second-order valence-electron chi connectivity index (χ2n) is 7.73. The predicted octanol–water partition coefficient (Wildman–Crippen LogP) is 3.40. The van der Waals surface area contributed by atoms with Crippen LogP contribution in [0.2, 0.25) is 5.02 Å². The van der Waals surface area contributed by atoms with Crippen LogP contribution in [0.1, 0.15) is 27.2 Å². The van der Waals surface area contributed by atoms with Gasteiger partial charge in [-0.15, -0.1) is 0 Å². The van der Waals surface area contributed by atoms with Crippen molar-refractivity contribution in [3.8, 4) is 0 Å². The maximum absolute atomic E-state index is 13.0. The summed E-state index contributed by atoms with van der Waals surface area (Å²) in [5, 5.41) is 3.38. The van der Waals surface area contributed by atoms with E-state index in [9.17, 15) is 14.4 Å². The molecule has 0 saturated heterocycles. The fourth-order valence-electron chi connectivity index (χ4n) is 3.77. The van der Waals surface area contributed by atoms with Gasteiger partial charge in [0.15, 0.2) is 12.4 Å². The standard InChI is InChI=1S/C25H23ClN2O5/c26-20-9-7-17(8-10-20)11-12-27-23(29)16-33-25(31)21-14-18-4-1-2-5-19(18)15-28(21)24(30)22-6-3-13-32-22/h1-10,13,21H,11-12,14-16H2,(H,27,29). The molecule has 1 N–H and O–H groups in total. The minimum Gasteiger partial charge on any atom is -0.459 e. The SMILES string of the molecule is O=C(COC(=O)C1Cc2ccccc2CN1C(=O)c1ccco1)NCCc1ccc(Cl)cc1. The molecule has 0 fully saturated rings. The quantitative estimate of drug-likeness (QED) is 0.539. The Hall–Kier alpha value is -3.58. The summed E-state index contributed by atoms with van der Waals surface area (Å²) in [6, 6.07) is 17.3. The number of benzene rings is 2. The number of esters is 1. The molecule has 2 heterocycles. The van der Waals surface area contributed by atoms with Gasteiger partial charge in [0.25, 0.3) is 11.8 Å². The van der Waals surface area contributed by atoms with E-state index in [0.717, 1.165) is 16.7 Å². The molecule has 33 heavy (non-hydrogen) atoms. The third kappa shape index (κ3) is 5.62. The lowest BCUT2D eigenvalue weighted by Gasteiger charge is -2.34. The Kier molecular flexibility index (Phi) is 7.10. The van der Waals surface area contributed by atoms with E-state index in [1.165, 1.54) is 11.2 Å². The van der Waals surface area contributed by atoms with Crippen molar-refractivity contribution in [2.75, 3.05) is 13.2 Å². The van der Waals surface area contributed by atoms with Crippen LogP contribution in [0.3, 0.4) is 0 Å². The molecule has 1 aliphatic rings. The predicted molar refractivity (Wildman–Crippen MR) is 122 cm³/mol. The molecule has 1 aromatic heterocycles. The maximum atomic E-state index is 13.0. The average molecular weight is 467 g/mol. The summed E-state index contributed by atoms with van der Waals surface area (Å²) in [6.45, 7) is 0.237. The van der Waals surface area contributed by atoms with E-state index < -0.39 is 30.4 Å². The molecule has 8 heteroatoms. The van der Waals surface area contributed by atoms with E-state index in [0.29, 0.717) is 24.4 Å². The van der Waals surface area contributed by atoms with Crippen LogP contribution >= 0.6 is 11.6 Å². The normalized spacial score (nSPS) is 14.9. The first-order chi connectivity index (χ1) is 16.0. The second-order valence-corrected chi connectivity index (χ2v) is 8.17. The molecule has 1 unspecified atom stereocenters. The Morgan fingerprint density at radius 1 is 1.03 bits per heavy atom. The van der Waals surface area contributed by atoms with Gasteiger partial charge in [0, 0.05) is 24.5 Å². The molecule has 2 aromatic carbocycles. The summed E-state index contributed by atoms with van der Waals surface area (Å²) < 4.78 is 10.5. The van der Waals surface area contributed by atoms with Crippen molar-refractivity contribution in [1.82, 2.24) is 10.2 Å². The first-order valence-electron chi connectivity index (χ1n) is 10.6. The highest BCUT2D eigenvalue weighted by atomic mass is 35.5. The number of ether oxygens (including phenoxy) is 1. The number of nitrogens with zero attached hydrogens (tertiary/aromatic N) is 1. The zero-order valence-electron chi connectivity index (χ0n) is 17.8. The molecule has 1 aliphatic heterocycles. The molecule has 0 aliphatic carbocycles. The second kappa shape index (κ2) is 10.4. The lowest BCUT2D eigenvalue weighted by molar-refractivity contribution is -0.153. The topological polar surface area (TPSA) is 88.9 Å². The summed E-state index contributed by atoms with van der Waals surface area (Å²) in [5.41, 5.74) is 2.96. The van der Waals surface area contributed by atoms with Crippen molar-refractivity contribution in [2.24, 2.45) is 0 Å². The summed E-state index contributed by atoms with van der Waals surface area (Å²) in [5.74, 6) is -1.29. The Labute approximate surface area is 196 Å². The molecule has 4 rings (SSSR count). The zero-order valence-corrected chi connectivity index (χ0v) is 18.6. The smallest absolute Gasteiger partial charge is 0.329 e. The first kappa shape index (κ1) is 22.6. The Balaban J connectivity index is 1.35. The first-order valence-corrected chi connectivity index (χ1v) is 11.0. The van der Waals surface area contributed by atoms with Gasteiger partial charge in [-0.1, -0.05) is 48.0 Å². The van der Waals surface area contributed by atoms with Crippen LogP contribution in [0.4, 0.5) is 0 Å². The number of carbonyl (C=O) groups is 3. The third-order valence-corrected chi connectivity index (χ3v) is 5.76. The van der Waals surface area contributed by atoms with Gasteiger partial charge in [-0.2, -0.15) is 0 Å². The molecule has 2 amide bonds. The Morgan fingerprint density at radius 2 is 1.79 bits per heavy atom. The van der Waals surface area contributed by atoms with Crippen LogP contribution in [-0.2, 0) is 33.7 Å². The largest absolute Gasteiger partial charge is 0.459 e. The van der Waals surface area contributed by atoms with Gasteiger partial charge in [-0.05, 0) is 47.4 Å². The van der Waals surface area contributed by atoms with Crippen molar-refractivity contribution < 1.29 is 23.5 Å². The highest BCUT2D eigenvalue weighted by molar-refractivity contribution is 6.30. The summed E-state index contributed by atoms with van der Waals surface area (Å²) >= 11 is 5.87. The van der Waals surface area contributed by atoms with E-state index in [4.69, 9.17) is 20.8 Å². The van der Waals surface area contributed by atoms with Crippen LogP contribution in [0.15, 0.2) is 71.3 Å². The number of furan rings is 1. The van der Waals surface area contributed by atoms with Crippen LogP contribution in [0.5, 0.6) is 0 Å². The lowest BCUT2D eigenvalue weighted by atomic mass is 9.93. The zero-order chi connectivity index (χ0) is 23.2. The minimum absolute atomic E-state index is 0.145. The number of hydrogen-bond donors (Lipinski definition) is 1. The van der Waals surface area contributed by atoms with Crippen molar-refractivity contribution in [1.29, 1.82) is 0 Å². The van der Waals surface area contributed by atoms with Crippen LogP contribution in [0.25, 0.3) is 0 Å². The molecular weight excluding hydrogens is 444 g/mol. The minimum atomic E-state index is -0.848. The molecule has 0 spiro atoms. The summed E-state index contributed by atoms with van der Waals surface area (Å²) in [6.07, 6.45) is 2.34. The number of fused-ring (bicyclic) bond motifs is 1. The molecule has 0 saturated carbocycles. The number of hydrogen-bond acceptors (Lipinski definition) is 5. The van der Waals surface area contributed by atoms with E-state index >= 15 is 0 Å². The van der Waals surface area contributed by atoms with E-state index in [-0.39, 0.29) is 12.3 Å². The maximum Gasteiger partial charge on any atom is 0.329 e. The van der Waals surface area contributed by atoms with Crippen LogP contribution < -0.4 is 5.32 Å². The van der Waals surface area contributed by atoms with Crippen molar-refractivity contribution in [3.63, 3.8) is 0 Å². The van der Waals surface area contributed by atoms with E-state index in [2.05, 4.69) is 5.32 Å². The van der Waals surface area contributed by atoms with Gasteiger partial charge < -0.3 is 19.4 Å². The average Bonchev–Trinajstić information content (AvgIpc) is 3.37. The van der Waals surface area contributed by atoms with Gasteiger partial charge in [0.2, 0.25) is 0 Å². The van der Waals surface area contributed by atoms with E-state index in [1.54, 1.807) is 24.3 Å². The molecule has 7 nitrogen and oxygen atoms in total. The summed E-state index contributed by atoms with van der Waals surface area (Å²) in [4.78, 5) is 39.4. The van der Waals surface area contributed by atoms with Crippen molar-refractivity contribution in [2.45, 2.75) is 25.4 Å². The van der Waals surface area contributed by atoms with Gasteiger partial charge >= 0.3 is 5.97 Å². The van der Waals surface area contributed by atoms with Crippen LogP contribution in [-0.4, -0.2) is 41.9 Å². The molecule has 0 radical (unpaired) electrons. The lowest BCUT2D eigenvalue weighted by Crippen LogP contribution is -2.49. The molecular formula is C25H23ClN2O5. The number of amides is 2. The number of rotatable bonds is 7. The molecule has 0 bridgehead atoms. The van der Waals surface area contributed by atoms with Crippen molar-refractivity contribution >= 4 is 29.4 Å². The Morgan fingerprint density at radius 3 is 2.52 bits per heavy atom. The van der Waals surface area contributed by atoms with Gasteiger partial charge in [0.05, 0.1) is 6.26 Å². The molecule has 3 aromatic rings. The van der Waals surface area contributed by atoms with Gasteiger partial charge in [0.1, 0.15) is 6.04 Å². The number of nitrogens with one attached hydrogen (secondary N) is 1. The highest BCUT2D eigenvalue weighted by Crippen LogP contribution is 2.26.